The predicted octanol–water partition coefficient (Wildman–Crippen LogP) is 2.85. The molecule has 0 atom stereocenters. The van der Waals surface area contributed by atoms with Crippen LogP contribution in [0, 0.1) is 6.92 Å². The number of hydrogen-bond donors (Lipinski definition) is 1. The van der Waals surface area contributed by atoms with Crippen molar-refractivity contribution in [2.45, 2.75) is 20.4 Å². The number of hydrogen-bond acceptors (Lipinski definition) is 3. The van der Waals surface area contributed by atoms with Crippen LogP contribution in [0.2, 0.25) is 0 Å². The van der Waals surface area contributed by atoms with Gasteiger partial charge in [-0.1, -0.05) is 15.9 Å². The quantitative estimate of drug-likeness (QED) is 0.645. The topological polar surface area (TPSA) is 30.5 Å². The molecule has 0 unspecified atom stereocenters. The molecule has 4 heteroatoms. The van der Waals surface area contributed by atoms with Crippen molar-refractivity contribution in [3.8, 4) is 5.75 Å². The maximum atomic E-state index is 5.63. The Morgan fingerprint density at radius 2 is 2.12 bits per heavy atom. The third-order valence-electron chi connectivity index (χ3n) is 2.17. The summed E-state index contributed by atoms with van der Waals surface area (Å²) >= 11 is 3.48. The predicted molar refractivity (Wildman–Crippen MR) is 68.8 cm³/mol. The minimum Gasteiger partial charge on any atom is -0.467 e. The molecule has 0 saturated heterocycles. The molecule has 0 radical (unpaired) electrons. The van der Waals surface area contributed by atoms with E-state index in [1.54, 1.807) is 0 Å². The lowest BCUT2D eigenvalue weighted by Gasteiger charge is -2.14. The molecule has 0 bridgehead atoms. The van der Waals surface area contributed by atoms with E-state index < -0.39 is 0 Å². The van der Waals surface area contributed by atoms with Crippen LogP contribution >= 0.6 is 15.9 Å². The van der Waals surface area contributed by atoms with Crippen LogP contribution in [0.4, 0.5) is 0 Å². The Morgan fingerprint density at radius 3 is 2.75 bits per heavy atom. The van der Waals surface area contributed by atoms with Crippen molar-refractivity contribution >= 4 is 15.9 Å². The smallest absolute Gasteiger partial charge is 0.189 e. The normalized spacial score (nSPS) is 10.5. The Kier molecular flexibility index (Phi) is 5.80. The van der Waals surface area contributed by atoms with E-state index in [0.29, 0.717) is 13.4 Å². The number of benzene rings is 1. The summed E-state index contributed by atoms with van der Waals surface area (Å²) in [5.41, 5.74) is 2.24. The van der Waals surface area contributed by atoms with Crippen molar-refractivity contribution in [2.75, 3.05) is 20.4 Å². The number of nitrogens with one attached hydrogen (secondary N) is 1. The van der Waals surface area contributed by atoms with Gasteiger partial charge >= 0.3 is 0 Å². The van der Waals surface area contributed by atoms with E-state index in [0.717, 1.165) is 27.9 Å². The summed E-state index contributed by atoms with van der Waals surface area (Å²) in [5.74, 6) is 0.908. The van der Waals surface area contributed by atoms with Crippen molar-refractivity contribution in [3.05, 3.63) is 27.7 Å². The van der Waals surface area contributed by atoms with Crippen LogP contribution in [0.3, 0.4) is 0 Å². The average molecular weight is 288 g/mol. The van der Waals surface area contributed by atoms with E-state index in [2.05, 4.69) is 27.3 Å². The highest BCUT2D eigenvalue weighted by Crippen LogP contribution is 2.28. The van der Waals surface area contributed by atoms with Crippen LogP contribution in [0.5, 0.6) is 5.75 Å². The summed E-state index contributed by atoms with van der Waals surface area (Å²) in [6, 6.07) is 4.10. The molecular weight excluding hydrogens is 270 g/mol. The van der Waals surface area contributed by atoms with Gasteiger partial charge in [0, 0.05) is 23.2 Å². The highest BCUT2D eigenvalue weighted by atomic mass is 79.9. The van der Waals surface area contributed by atoms with Gasteiger partial charge in [0.05, 0.1) is 0 Å². The molecule has 0 aliphatic rings. The number of halogens is 1. The number of rotatable bonds is 6. The largest absolute Gasteiger partial charge is 0.467 e. The molecule has 0 aromatic heterocycles. The lowest BCUT2D eigenvalue weighted by atomic mass is 10.1. The average Bonchev–Trinajstić information content (AvgIpc) is 2.22. The summed E-state index contributed by atoms with van der Waals surface area (Å²) in [6.45, 7) is 5.73. The number of ether oxygens (including phenoxy) is 2. The van der Waals surface area contributed by atoms with Crippen molar-refractivity contribution < 1.29 is 9.47 Å². The van der Waals surface area contributed by atoms with E-state index >= 15 is 0 Å². The van der Waals surface area contributed by atoms with Crippen LogP contribution in [-0.4, -0.2) is 20.4 Å². The van der Waals surface area contributed by atoms with Crippen LogP contribution in [0.25, 0.3) is 0 Å². The Balaban J connectivity index is 2.85. The van der Waals surface area contributed by atoms with Crippen LogP contribution in [0.1, 0.15) is 18.1 Å². The van der Waals surface area contributed by atoms with Crippen molar-refractivity contribution in [1.82, 2.24) is 5.32 Å². The second-order valence-electron chi connectivity index (χ2n) is 3.50. The van der Waals surface area contributed by atoms with Gasteiger partial charge < -0.3 is 14.8 Å². The fourth-order valence-electron chi connectivity index (χ4n) is 1.51. The van der Waals surface area contributed by atoms with Gasteiger partial charge in [0.25, 0.3) is 0 Å². The molecule has 3 nitrogen and oxygen atoms in total. The first-order chi connectivity index (χ1) is 7.69. The molecule has 0 amide bonds. The molecule has 0 heterocycles. The molecule has 16 heavy (non-hydrogen) atoms. The Hall–Kier alpha value is -0.580. The van der Waals surface area contributed by atoms with Gasteiger partial charge in [0.1, 0.15) is 5.75 Å². The summed E-state index contributed by atoms with van der Waals surface area (Å²) in [7, 11) is 1.92. The molecule has 1 aromatic rings. The van der Waals surface area contributed by atoms with E-state index in [1.165, 1.54) is 0 Å². The van der Waals surface area contributed by atoms with Crippen molar-refractivity contribution in [2.24, 2.45) is 0 Å². The molecule has 0 saturated carbocycles. The second-order valence-corrected chi connectivity index (χ2v) is 4.41. The molecule has 1 N–H and O–H groups in total. The lowest BCUT2D eigenvalue weighted by molar-refractivity contribution is 0.0214. The zero-order chi connectivity index (χ0) is 12.0. The van der Waals surface area contributed by atoms with Crippen molar-refractivity contribution in [3.63, 3.8) is 0 Å². The van der Waals surface area contributed by atoms with Crippen LogP contribution < -0.4 is 10.1 Å². The first-order valence-corrected chi connectivity index (χ1v) is 6.12. The van der Waals surface area contributed by atoms with Crippen molar-refractivity contribution in [1.29, 1.82) is 0 Å². The molecule has 1 rings (SSSR count). The van der Waals surface area contributed by atoms with Gasteiger partial charge in [-0.3, -0.25) is 0 Å². The number of aryl methyl sites for hydroxylation is 1. The maximum Gasteiger partial charge on any atom is 0.189 e. The zero-order valence-electron chi connectivity index (χ0n) is 9.97. The van der Waals surface area contributed by atoms with Gasteiger partial charge in [0.2, 0.25) is 0 Å². The Morgan fingerprint density at radius 1 is 1.38 bits per heavy atom. The SMILES string of the molecule is CCOCOc1c(C)cc(Br)cc1CNC. The van der Waals surface area contributed by atoms with E-state index in [4.69, 9.17) is 9.47 Å². The van der Waals surface area contributed by atoms with E-state index in [1.807, 2.05) is 27.0 Å². The highest BCUT2D eigenvalue weighted by molar-refractivity contribution is 9.10. The lowest BCUT2D eigenvalue weighted by Crippen LogP contribution is -2.10. The molecule has 0 spiro atoms. The van der Waals surface area contributed by atoms with Crippen LogP contribution in [-0.2, 0) is 11.3 Å². The van der Waals surface area contributed by atoms with Gasteiger partial charge in [-0.2, -0.15) is 0 Å². The van der Waals surface area contributed by atoms with Gasteiger partial charge in [0.15, 0.2) is 6.79 Å². The molecular formula is C12H18BrNO2. The molecule has 0 aliphatic carbocycles. The summed E-state index contributed by atoms with van der Waals surface area (Å²) in [4.78, 5) is 0. The van der Waals surface area contributed by atoms with E-state index in [9.17, 15) is 0 Å². The summed E-state index contributed by atoms with van der Waals surface area (Å²) in [5, 5.41) is 3.13. The Labute approximate surface area is 105 Å². The van der Waals surface area contributed by atoms with E-state index in [-0.39, 0.29) is 0 Å². The van der Waals surface area contributed by atoms with Gasteiger partial charge in [-0.25, -0.2) is 0 Å². The zero-order valence-corrected chi connectivity index (χ0v) is 11.6. The van der Waals surface area contributed by atoms with Gasteiger partial charge in [-0.05, 0) is 38.6 Å². The molecule has 90 valence electrons. The molecule has 0 fully saturated rings. The minimum absolute atomic E-state index is 0.301. The van der Waals surface area contributed by atoms with Gasteiger partial charge in [-0.15, -0.1) is 0 Å². The first-order valence-electron chi connectivity index (χ1n) is 5.33. The molecule has 1 aromatic carbocycles. The minimum atomic E-state index is 0.301. The highest BCUT2D eigenvalue weighted by Gasteiger charge is 2.08. The maximum absolute atomic E-state index is 5.63. The molecule has 0 aliphatic heterocycles. The summed E-state index contributed by atoms with van der Waals surface area (Å²) in [6.07, 6.45) is 0. The third kappa shape index (κ3) is 3.77. The standard InChI is InChI=1S/C12H18BrNO2/c1-4-15-8-16-12-9(2)5-11(13)6-10(12)7-14-3/h5-6,14H,4,7-8H2,1-3H3. The third-order valence-corrected chi connectivity index (χ3v) is 2.63. The Bertz CT molecular complexity index is 342. The monoisotopic (exact) mass is 287 g/mol. The fourth-order valence-corrected chi connectivity index (χ4v) is 2.13. The fraction of sp³-hybridized carbons (Fsp3) is 0.500. The first kappa shape index (κ1) is 13.5. The summed E-state index contributed by atoms with van der Waals surface area (Å²) < 4.78 is 11.9. The second kappa shape index (κ2) is 6.89. The van der Waals surface area contributed by atoms with Crippen LogP contribution in [0.15, 0.2) is 16.6 Å².